The highest BCUT2D eigenvalue weighted by molar-refractivity contribution is 5.30. The van der Waals surface area contributed by atoms with E-state index in [1.54, 1.807) is 7.11 Å². The van der Waals surface area contributed by atoms with Crippen LogP contribution in [-0.2, 0) is 4.74 Å². The number of hydrogen-bond acceptors (Lipinski definition) is 3. The molecule has 0 radical (unpaired) electrons. The minimum atomic E-state index is 0.0541. The van der Waals surface area contributed by atoms with Crippen molar-refractivity contribution in [2.24, 2.45) is 5.92 Å². The Kier molecular flexibility index (Phi) is 3.99. The fourth-order valence-corrected chi connectivity index (χ4v) is 3.43. The number of hydrogen-bond donors (Lipinski definition) is 1. The number of benzene rings is 1. The second-order valence-corrected chi connectivity index (χ2v) is 6.38. The predicted octanol–water partition coefficient (Wildman–Crippen LogP) is 3.31. The standard InChI is InChI=1S/C17H25NO2/c1-13-6-8-17(9-7-13)12-18-11-16(20-17)14-4-3-5-15(10-14)19-2/h3-5,10,13,16,18H,6-9,11-12H2,1-2H3. The molecule has 20 heavy (non-hydrogen) atoms. The van der Waals surface area contributed by atoms with Crippen molar-refractivity contribution in [2.45, 2.75) is 44.3 Å². The molecule has 1 aromatic carbocycles. The summed E-state index contributed by atoms with van der Waals surface area (Å²) in [5, 5.41) is 3.58. The summed E-state index contributed by atoms with van der Waals surface area (Å²) in [6, 6.07) is 8.26. The van der Waals surface area contributed by atoms with Crippen LogP contribution in [0.5, 0.6) is 5.75 Å². The van der Waals surface area contributed by atoms with Gasteiger partial charge in [0.05, 0.1) is 18.8 Å². The molecule has 1 saturated heterocycles. The van der Waals surface area contributed by atoms with Crippen LogP contribution in [0.4, 0.5) is 0 Å². The third-order valence-corrected chi connectivity index (χ3v) is 4.82. The average molecular weight is 275 g/mol. The molecule has 1 aromatic rings. The Morgan fingerprint density at radius 2 is 2.10 bits per heavy atom. The van der Waals surface area contributed by atoms with Crippen LogP contribution in [0.1, 0.15) is 44.3 Å². The second-order valence-electron chi connectivity index (χ2n) is 6.38. The summed E-state index contributed by atoms with van der Waals surface area (Å²) in [5.74, 6) is 1.75. The van der Waals surface area contributed by atoms with Gasteiger partial charge < -0.3 is 14.8 Å². The predicted molar refractivity (Wildman–Crippen MR) is 80.1 cm³/mol. The normalized spacial score (nSPS) is 34.1. The molecular weight excluding hydrogens is 250 g/mol. The first kappa shape index (κ1) is 13.9. The van der Waals surface area contributed by atoms with Crippen LogP contribution in [-0.4, -0.2) is 25.8 Å². The van der Waals surface area contributed by atoms with Crippen LogP contribution in [0.2, 0.25) is 0 Å². The van der Waals surface area contributed by atoms with Crippen molar-refractivity contribution in [3.8, 4) is 5.75 Å². The SMILES string of the molecule is COc1cccc(C2CNCC3(CCC(C)CC3)O2)c1. The lowest BCUT2D eigenvalue weighted by Crippen LogP contribution is -2.52. The van der Waals surface area contributed by atoms with Gasteiger partial charge in [-0.25, -0.2) is 0 Å². The van der Waals surface area contributed by atoms with Crippen molar-refractivity contribution in [3.05, 3.63) is 29.8 Å². The lowest BCUT2D eigenvalue weighted by Gasteiger charge is -2.45. The van der Waals surface area contributed by atoms with Gasteiger partial charge in [-0.1, -0.05) is 19.1 Å². The zero-order chi connectivity index (χ0) is 14.0. The van der Waals surface area contributed by atoms with Crippen molar-refractivity contribution < 1.29 is 9.47 Å². The lowest BCUT2D eigenvalue weighted by molar-refractivity contribution is -0.140. The van der Waals surface area contributed by atoms with Crippen molar-refractivity contribution in [1.82, 2.24) is 5.32 Å². The van der Waals surface area contributed by atoms with Crippen molar-refractivity contribution >= 4 is 0 Å². The minimum absolute atomic E-state index is 0.0541. The summed E-state index contributed by atoms with van der Waals surface area (Å²) in [7, 11) is 1.71. The van der Waals surface area contributed by atoms with Crippen LogP contribution >= 0.6 is 0 Å². The van der Waals surface area contributed by atoms with Crippen LogP contribution in [0, 0.1) is 5.92 Å². The summed E-state index contributed by atoms with van der Waals surface area (Å²) in [6.07, 6.45) is 5.08. The molecule has 1 aliphatic heterocycles. The first-order valence-electron chi connectivity index (χ1n) is 7.73. The molecular formula is C17H25NO2. The minimum Gasteiger partial charge on any atom is -0.497 e. The maximum Gasteiger partial charge on any atom is 0.119 e. The van der Waals surface area contributed by atoms with Gasteiger partial charge in [-0.3, -0.25) is 0 Å². The molecule has 3 rings (SSSR count). The van der Waals surface area contributed by atoms with Crippen molar-refractivity contribution in [2.75, 3.05) is 20.2 Å². The van der Waals surface area contributed by atoms with E-state index in [0.717, 1.165) is 24.8 Å². The highest BCUT2D eigenvalue weighted by atomic mass is 16.5. The van der Waals surface area contributed by atoms with Gasteiger partial charge in [0, 0.05) is 13.1 Å². The number of nitrogens with one attached hydrogen (secondary N) is 1. The van der Waals surface area contributed by atoms with Gasteiger partial charge in [-0.05, 0) is 49.3 Å². The number of rotatable bonds is 2. The molecule has 1 atom stereocenters. The molecule has 2 fully saturated rings. The molecule has 0 amide bonds. The summed E-state index contributed by atoms with van der Waals surface area (Å²) in [5.41, 5.74) is 1.27. The third kappa shape index (κ3) is 2.84. The van der Waals surface area contributed by atoms with E-state index in [1.807, 2.05) is 12.1 Å². The highest BCUT2D eigenvalue weighted by Crippen LogP contribution is 2.40. The molecule has 3 heteroatoms. The number of morpholine rings is 1. The van der Waals surface area contributed by atoms with Gasteiger partial charge in [0.2, 0.25) is 0 Å². The summed E-state index contributed by atoms with van der Waals surface area (Å²) < 4.78 is 11.9. The van der Waals surface area contributed by atoms with Crippen LogP contribution in [0.15, 0.2) is 24.3 Å². The first-order valence-corrected chi connectivity index (χ1v) is 7.73. The van der Waals surface area contributed by atoms with E-state index in [0.29, 0.717) is 0 Å². The van der Waals surface area contributed by atoms with E-state index in [2.05, 4.69) is 24.4 Å². The van der Waals surface area contributed by atoms with Gasteiger partial charge in [0.15, 0.2) is 0 Å². The number of methoxy groups -OCH3 is 1. The second kappa shape index (κ2) is 5.74. The quantitative estimate of drug-likeness (QED) is 0.898. The Morgan fingerprint density at radius 1 is 1.30 bits per heavy atom. The molecule has 0 bridgehead atoms. The molecule has 1 saturated carbocycles. The van der Waals surface area contributed by atoms with E-state index in [9.17, 15) is 0 Å². The van der Waals surface area contributed by atoms with Crippen molar-refractivity contribution in [3.63, 3.8) is 0 Å². The Labute approximate surface area is 121 Å². The lowest BCUT2D eigenvalue weighted by atomic mass is 9.78. The number of ether oxygens (including phenoxy) is 2. The van der Waals surface area contributed by atoms with E-state index in [1.165, 1.54) is 31.2 Å². The van der Waals surface area contributed by atoms with Gasteiger partial charge in [0.25, 0.3) is 0 Å². The Hall–Kier alpha value is -1.06. The van der Waals surface area contributed by atoms with Crippen molar-refractivity contribution in [1.29, 1.82) is 0 Å². The van der Waals surface area contributed by atoms with E-state index in [4.69, 9.17) is 9.47 Å². The smallest absolute Gasteiger partial charge is 0.119 e. The first-order chi connectivity index (χ1) is 9.71. The maximum atomic E-state index is 6.53. The van der Waals surface area contributed by atoms with Gasteiger partial charge in [0.1, 0.15) is 5.75 Å². The fourth-order valence-electron chi connectivity index (χ4n) is 3.43. The average Bonchev–Trinajstić information content (AvgIpc) is 2.51. The molecule has 2 aliphatic rings. The van der Waals surface area contributed by atoms with E-state index >= 15 is 0 Å². The maximum absolute atomic E-state index is 6.53. The largest absolute Gasteiger partial charge is 0.497 e. The fraction of sp³-hybridized carbons (Fsp3) is 0.647. The van der Waals surface area contributed by atoms with Gasteiger partial charge >= 0.3 is 0 Å². The molecule has 1 unspecified atom stereocenters. The molecule has 1 spiro atoms. The molecule has 1 N–H and O–H groups in total. The Balaban J connectivity index is 1.74. The van der Waals surface area contributed by atoms with Gasteiger partial charge in [-0.15, -0.1) is 0 Å². The topological polar surface area (TPSA) is 30.5 Å². The zero-order valence-electron chi connectivity index (χ0n) is 12.5. The summed E-state index contributed by atoms with van der Waals surface area (Å²) >= 11 is 0. The van der Waals surface area contributed by atoms with Crippen LogP contribution in [0.25, 0.3) is 0 Å². The van der Waals surface area contributed by atoms with Gasteiger partial charge in [-0.2, -0.15) is 0 Å². The molecule has 110 valence electrons. The molecule has 1 aliphatic carbocycles. The highest BCUT2D eigenvalue weighted by Gasteiger charge is 2.40. The molecule has 0 aromatic heterocycles. The van der Waals surface area contributed by atoms with Crippen LogP contribution < -0.4 is 10.1 Å². The van der Waals surface area contributed by atoms with Crippen LogP contribution in [0.3, 0.4) is 0 Å². The summed E-state index contributed by atoms with van der Waals surface area (Å²) in [6.45, 7) is 4.24. The summed E-state index contributed by atoms with van der Waals surface area (Å²) in [4.78, 5) is 0. The monoisotopic (exact) mass is 275 g/mol. The Bertz CT molecular complexity index is 452. The third-order valence-electron chi connectivity index (χ3n) is 4.82. The Morgan fingerprint density at radius 3 is 2.85 bits per heavy atom. The zero-order valence-corrected chi connectivity index (χ0v) is 12.5. The molecule has 3 nitrogen and oxygen atoms in total. The van der Waals surface area contributed by atoms with E-state index in [-0.39, 0.29) is 11.7 Å². The van der Waals surface area contributed by atoms with E-state index < -0.39 is 0 Å². The molecule has 1 heterocycles.